The van der Waals surface area contributed by atoms with Crippen LogP contribution in [0.25, 0.3) is 0 Å². The Bertz CT molecular complexity index is 911. The van der Waals surface area contributed by atoms with Crippen LogP contribution in [0, 0.1) is 5.41 Å². The van der Waals surface area contributed by atoms with E-state index in [1.54, 1.807) is 16.7 Å². The number of piperidine rings is 1. The molecule has 0 aliphatic carbocycles. The first-order valence-corrected chi connectivity index (χ1v) is 12.7. The van der Waals surface area contributed by atoms with Crippen LogP contribution < -0.4 is 5.32 Å². The summed E-state index contributed by atoms with van der Waals surface area (Å²) in [5, 5.41) is 2.74. The van der Waals surface area contributed by atoms with Crippen molar-refractivity contribution in [2.75, 3.05) is 13.1 Å². The summed E-state index contributed by atoms with van der Waals surface area (Å²) in [4.78, 5) is 55.3. The fourth-order valence-corrected chi connectivity index (χ4v) is 4.76. The molecule has 3 amide bonds. The van der Waals surface area contributed by atoms with Gasteiger partial charge in [0.05, 0.1) is 0 Å². The smallest absolute Gasteiger partial charge is 0.328 e. The molecule has 1 aromatic carbocycles. The van der Waals surface area contributed by atoms with Gasteiger partial charge in [-0.1, -0.05) is 51.1 Å². The molecule has 0 saturated carbocycles. The van der Waals surface area contributed by atoms with Crippen LogP contribution in [-0.2, 0) is 30.5 Å². The predicted octanol–water partition coefficient (Wildman–Crippen LogP) is 3.04. The number of rotatable bonds is 7. The van der Waals surface area contributed by atoms with E-state index < -0.39 is 24.1 Å². The molecular weight excluding hydrogens is 446 g/mol. The third kappa shape index (κ3) is 7.29. The van der Waals surface area contributed by atoms with Crippen LogP contribution in [-0.4, -0.2) is 64.7 Å². The Morgan fingerprint density at radius 2 is 1.63 bits per heavy atom. The van der Waals surface area contributed by atoms with E-state index in [-0.39, 0.29) is 29.7 Å². The number of carbonyl (C=O) groups excluding carboxylic acids is 4. The van der Waals surface area contributed by atoms with E-state index in [2.05, 4.69) is 5.32 Å². The fourth-order valence-electron chi connectivity index (χ4n) is 4.76. The maximum Gasteiger partial charge on any atom is 0.328 e. The van der Waals surface area contributed by atoms with Crippen molar-refractivity contribution in [3.8, 4) is 0 Å². The average Bonchev–Trinajstić information content (AvgIpc) is 3.32. The SMILES string of the molecule is C[C@H](NC(=O)[C@@H]1CCCCN1C(=O)[C@@H]1CCCN1C(=O)CC(C)(C)C)C(=O)OCc1ccccc1. The van der Waals surface area contributed by atoms with Crippen molar-refractivity contribution in [2.24, 2.45) is 5.41 Å². The summed E-state index contributed by atoms with van der Waals surface area (Å²) in [6.07, 6.45) is 3.94. The van der Waals surface area contributed by atoms with E-state index in [0.29, 0.717) is 32.4 Å². The molecule has 0 bridgehead atoms. The summed E-state index contributed by atoms with van der Waals surface area (Å²) in [6.45, 7) is 8.79. The van der Waals surface area contributed by atoms with E-state index in [0.717, 1.165) is 24.8 Å². The summed E-state index contributed by atoms with van der Waals surface area (Å²) < 4.78 is 5.34. The molecule has 2 heterocycles. The number of likely N-dealkylation sites (tertiary alicyclic amines) is 2. The minimum atomic E-state index is -0.832. The number of hydrogen-bond donors (Lipinski definition) is 1. The minimum absolute atomic E-state index is 0.0128. The Morgan fingerprint density at radius 3 is 2.31 bits per heavy atom. The molecule has 0 aromatic heterocycles. The molecule has 192 valence electrons. The van der Waals surface area contributed by atoms with Gasteiger partial charge in [0, 0.05) is 19.5 Å². The second-order valence-corrected chi connectivity index (χ2v) is 10.8. The van der Waals surface area contributed by atoms with Crippen molar-refractivity contribution in [3.05, 3.63) is 35.9 Å². The van der Waals surface area contributed by atoms with Gasteiger partial charge >= 0.3 is 5.97 Å². The summed E-state index contributed by atoms with van der Waals surface area (Å²) in [6, 6.07) is 7.34. The van der Waals surface area contributed by atoms with E-state index >= 15 is 0 Å². The number of carbonyl (C=O) groups is 4. The molecule has 0 unspecified atom stereocenters. The summed E-state index contributed by atoms with van der Waals surface area (Å²) in [5.41, 5.74) is 0.706. The molecule has 1 aromatic rings. The maximum absolute atomic E-state index is 13.5. The van der Waals surface area contributed by atoms with Gasteiger partial charge in [0.2, 0.25) is 17.7 Å². The number of benzene rings is 1. The minimum Gasteiger partial charge on any atom is -0.459 e. The Balaban J connectivity index is 1.60. The van der Waals surface area contributed by atoms with Crippen LogP contribution >= 0.6 is 0 Å². The van der Waals surface area contributed by atoms with Gasteiger partial charge in [-0.3, -0.25) is 14.4 Å². The van der Waals surface area contributed by atoms with Gasteiger partial charge in [-0.2, -0.15) is 0 Å². The zero-order valence-corrected chi connectivity index (χ0v) is 21.4. The quantitative estimate of drug-likeness (QED) is 0.599. The van der Waals surface area contributed by atoms with Gasteiger partial charge in [0.25, 0.3) is 0 Å². The first-order valence-electron chi connectivity index (χ1n) is 12.7. The number of nitrogens with one attached hydrogen (secondary N) is 1. The average molecular weight is 486 g/mol. The van der Waals surface area contributed by atoms with Gasteiger partial charge in [0.1, 0.15) is 24.7 Å². The molecule has 35 heavy (non-hydrogen) atoms. The molecule has 2 fully saturated rings. The number of esters is 1. The molecule has 2 saturated heterocycles. The predicted molar refractivity (Wildman–Crippen MR) is 132 cm³/mol. The Hall–Kier alpha value is -2.90. The number of amides is 3. The second-order valence-electron chi connectivity index (χ2n) is 10.8. The molecule has 8 heteroatoms. The highest BCUT2D eigenvalue weighted by Gasteiger charge is 2.41. The van der Waals surface area contributed by atoms with Crippen molar-refractivity contribution >= 4 is 23.7 Å². The number of ether oxygens (including phenoxy) is 1. The lowest BCUT2D eigenvalue weighted by atomic mass is 9.91. The Morgan fingerprint density at radius 1 is 0.971 bits per heavy atom. The van der Waals surface area contributed by atoms with E-state index in [1.807, 2.05) is 51.1 Å². The number of hydrogen-bond acceptors (Lipinski definition) is 5. The lowest BCUT2D eigenvalue weighted by molar-refractivity contribution is -0.152. The van der Waals surface area contributed by atoms with Crippen molar-refractivity contribution in [1.29, 1.82) is 0 Å². The van der Waals surface area contributed by atoms with Crippen molar-refractivity contribution in [1.82, 2.24) is 15.1 Å². The molecule has 3 atom stereocenters. The van der Waals surface area contributed by atoms with Crippen molar-refractivity contribution in [2.45, 2.75) is 91.0 Å². The van der Waals surface area contributed by atoms with E-state index in [1.165, 1.54) is 0 Å². The molecule has 2 aliphatic heterocycles. The Kier molecular flexibility index (Phi) is 8.92. The van der Waals surface area contributed by atoms with Gasteiger partial charge in [0.15, 0.2) is 0 Å². The van der Waals surface area contributed by atoms with Crippen LogP contribution in [0.3, 0.4) is 0 Å². The molecular formula is C27H39N3O5. The third-order valence-corrected chi connectivity index (χ3v) is 6.56. The first kappa shape index (κ1) is 26.7. The number of nitrogens with zero attached hydrogens (tertiary/aromatic N) is 2. The standard InChI is InChI=1S/C27H39N3O5/c1-19(26(34)35-18-20-11-6-5-7-12-20)28-24(32)21-13-8-9-15-30(21)25(33)22-14-10-16-29(22)23(31)17-27(2,3)4/h5-7,11-12,19,21-22H,8-10,13-18H2,1-4H3,(H,28,32)/t19-,21-,22-/m0/s1. The highest BCUT2D eigenvalue weighted by molar-refractivity contribution is 5.94. The molecule has 2 aliphatic rings. The van der Waals surface area contributed by atoms with Crippen molar-refractivity contribution in [3.63, 3.8) is 0 Å². The largest absolute Gasteiger partial charge is 0.459 e. The highest BCUT2D eigenvalue weighted by atomic mass is 16.5. The van der Waals surface area contributed by atoms with Crippen molar-refractivity contribution < 1.29 is 23.9 Å². The van der Waals surface area contributed by atoms with Crippen LogP contribution in [0.15, 0.2) is 30.3 Å². The molecule has 8 nitrogen and oxygen atoms in total. The van der Waals surface area contributed by atoms with Gasteiger partial charge < -0.3 is 19.9 Å². The lowest BCUT2D eigenvalue weighted by Crippen LogP contribution is -2.58. The van der Waals surface area contributed by atoms with Crippen LogP contribution in [0.5, 0.6) is 0 Å². The first-order chi connectivity index (χ1) is 16.6. The Labute approximate surface area is 208 Å². The lowest BCUT2D eigenvalue weighted by Gasteiger charge is -2.38. The molecule has 0 radical (unpaired) electrons. The van der Waals surface area contributed by atoms with Crippen LogP contribution in [0.2, 0.25) is 0 Å². The van der Waals surface area contributed by atoms with Gasteiger partial charge in [-0.05, 0) is 50.0 Å². The second kappa shape index (κ2) is 11.7. The fraction of sp³-hybridized carbons (Fsp3) is 0.630. The third-order valence-electron chi connectivity index (χ3n) is 6.56. The van der Waals surface area contributed by atoms with Crippen LogP contribution in [0.1, 0.15) is 71.8 Å². The molecule has 3 rings (SSSR count). The maximum atomic E-state index is 13.5. The highest BCUT2D eigenvalue weighted by Crippen LogP contribution is 2.28. The summed E-state index contributed by atoms with van der Waals surface area (Å²) in [5.74, 6) is -1.05. The topological polar surface area (TPSA) is 96.0 Å². The molecule has 0 spiro atoms. The normalized spacial score (nSPS) is 21.4. The zero-order valence-electron chi connectivity index (χ0n) is 21.4. The monoisotopic (exact) mass is 485 g/mol. The van der Waals surface area contributed by atoms with E-state index in [9.17, 15) is 19.2 Å². The van der Waals surface area contributed by atoms with E-state index in [4.69, 9.17) is 4.74 Å². The summed E-state index contributed by atoms with van der Waals surface area (Å²) in [7, 11) is 0. The van der Waals surface area contributed by atoms with Gasteiger partial charge in [-0.15, -0.1) is 0 Å². The van der Waals surface area contributed by atoms with Gasteiger partial charge in [-0.25, -0.2) is 4.79 Å². The zero-order chi connectivity index (χ0) is 25.6. The summed E-state index contributed by atoms with van der Waals surface area (Å²) >= 11 is 0. The van der Waals surface area contributed by atoms with Crippen LogP contribution in [0.4, 0.5) is 0 Å². The molecule has 1 N–H and O–H groups in total.